The second kappa shape index (κ2) is 9.45. The molecule has 30 heavy (non-hydrogen) atoms. The minimum Gasteiger partial charge on any atom is -0.322 e. The van der Waals surface area contributed by atoms with E-state index in [2.05, 4.69) is 5.32 Å². The number of hydrogen-bond donors (Lipinski definition) is 1. The van der Waals surface area contributed by atoms with Crippen molar-refractivity contribution in [3.8, 4) is 0 Å². The van der Waals surface area contributed by atoms with Crippen LogP contribution in [0.3, 0.4) is 0 Å². The fourth-order valence-electron chi connectivity index (χ4n) is 2.60. The molecule has 0 fully saturated rings. The zero-order valence-electron chi connectivity index (χ0n) is 15.2. The number of para-hydroxylation sites is 1. The molecule has 0 aliphatic carbocycles. The van der Waals surface area contributed by atoms with Gasteiger partial charge in [-0.05, 0) is 42.5 Å². The summed E-state index contributed by atoms with van der Waals surface area (Å²) in [6.07, 6.45) is 0. The van der Waals surface area contributed by atoms with Crippen LogP contribution >= 0.6 is 46.4 Å². The van der Waals surface area contributed by atoms with Crippen LogP contribution in [0, 0.1) is 0 Å². The van der Waals surface area contributed by atoms with E-state index in [0.717, 1.165) is 4.31 Å². The first-order chi connectivity index (χ1) is 14.2. The second-order valence-electron chi connectivity index (χ2n) is 6.07. The summed E-state index contributed by atoms with van der Waals surface area (Å²) in [4.78, 5) is 12.8. The van der Waals surface area contributed by atoms with E-state index in [1.54, 1.807) is 36.4 Å². The van der Waals surface area contributed by atoms with Gasteiger partial charge in [0.2, 0.25) is 5.91 Å². The largest absolute Gasteiger partial charge is 0.322 e. The molecule has 0 spiro atoms. The predicted molar refractivity (Wildman–Crippen MR) is 123 cm³/mol. The molecule has 0 aliphatic rings. The van der Waals surface area contributed by atoms with Crippen LogP contribution in [0.5, 0.6) is 0 Å². The number of sulfonamides is 1. The molecule has 3 rings (SSSR count). The van der Waals surface area contributed by atoms with Crippen LogP contribution in [0.15, 0.2) is 71.6 Å². The van der Waals surface area contributed by atoms with Gasteiger partial charge in [0.1, 0.15) is 6.54 Å². The zero-order chi connectivity index (χ0) is 21.9. The van der Waals surface area contributed by atoms with E-state index in [0.29, 0.717) is 0 Å². The lowest BCUT2D eigenvalue weighted by Gasteiger charge is -2.24. The summed E-state index contributed by atoms with van der Waals surface area (Å²) < 4.78 is 27.5. The first kappa shape index (κ1) is 22.7. The SMILES string of the molecule is O=C(CN(c1ccc(Cl)c(Cl)c1)S(=O)(=O)c1ccccc1)Nc1c(Cl)cccc1Cl. The molecule has 0 saturated carbocycles. The predicted octanol–water partition coefficient (Wildman–Crippen LogP) is 6.13. The topological polar surface area (TPSA) is 66.5 Å². The molecule has 10 heteroatoms. The Bertz CT molecular complexity index is 1170. The third kappa shape index (κ3) is 5.02. The number of nitrogens with one attached hydrogen (secondary N) is 1. The van der Waals surface area contributed by atoms with Gasteiger partial charge in [-0.2, -0.15) is 0 Å². The molecule has 0 unspecified atom stereocenters. The molecule has 0 aliphatic heterocycles. The minimum absolute atomic E-state index is 0.0136. The number of benzene rings is 3. The summed E-state index contributed by atoms with van der Waals surface area (Å²) in [5, 5.41) is 3.41. The van der Waals surface area contributed by atoms with Gasteiger partial charge in [0.15, 0.2) is 0 Å². The number of carbonyl (C=O) groups excluding carboxylic acids is 1. The van der Waals surface area contributed by atoms with Gasteiger partial charge in [0, 0.05) is 0 Å². The first-order valence-corrected chi connectivity index (χ1v) is 11.4. The number of hydrogen-bond acceptors (Lipinski definition) is 3. The Labute approximate surface area is 194 Å². The van der Waals surface area contributed by atoms with Gasteiger partial charge < -0.3 is 5.32 Å². The second-order valence-corrected chi connectivity index (χ2v) is 9.56. The molecule has 1 amide bonds. The molecular weight excluding hydrogens is 490 g/mol. The summed E-state index contributed by atoms with van der Waals surface area (Å²) in [5.41, 5.74) is 0.366. The highest BCUT2D eigenvalue weighted by Crippen LogP contribution is 2.32. The molecule has 3 aromatic rings. The van der Waals surface area contributed by atoms with Crippen LogP contribution in [-0.2, 0) is 14.8 Å². The van der Waals surface area contributed by atoms with E-state index in [4.69, 9.17) is 46.4 Å². The van der Waals surface area contributed by atoms with Crippen molar-refractivity contribution in [2.24, 2.45) is 0 Å². The highest BCUT2D eigenvalue weighted by atomic mass is 35.5. The number of anilines is 2. The lowest BCUT2D eigenvalue weighted by molar-refractivity contribution is -0.114. The zero-order valence-corrected chi connectivity index (χ0v) is 19.0. The Hall–Kier alpha value is -1.96. The van der Waals surface area contributed by atoms with Crippen molar-refractivity contribution in [3.05, 3.63) is 86.8 Å². The van der Waals surface area contributed by atoms with Crippen molar-refractivity contribution in [2.45, 2.75) is 4.90 Å². The molecule has 0 bridgehead atoms. The maximum absolute atomic E-state index is 13.3. The fraction of sp³-hybridized carbons (Fsp3) is 0.0500. The normalized spacial score (nSPS) is 11.2. The molecule has 3 aromatic carbocycles. The summed E-state index contributed by atoms with van der Waals surface area (Å²) in [6, 6.07) is 16.8. The lowest BCUT2D eigenvalue weighted by atomic mass is 10.3. The Kier molecular flexibility index (Phi) is 7.16. The third-order valence-electron chi connectivity index (χ3n) is 4.04. The van der Waals surface area contributed by atoms with E-state index in [1.165, 1.54) is 30.3 Å². The highest BCUT2D eigenvalue weighted by molar-refractivity contribution is 7.92. The summed E-state index contributed by atoms with van der Waals surface area (Å²) >= 11 is 24.2. The van der Waals surface area contributed by atoms with E-state index in [9.17, 15) is 13.2 Å². The van der Waals surface area contributed by atoms with E-state index in [1.807, 2.05) is 0 Å². The van der Waals surface area contributed by atoms with Crippen LogP contribution in [0.1, 0.15) is 0 Å². The maximum atomic E-state index is 13.3. The number of carbonyl (C=O) groups is 1. The number of nitrogens with zero attached hydrogens (tertiary/aromatic N) is 1. The smallest absolute Gasteiger partial charge is 0.264 e. The van der Waals surface area contributed by atoms with Gasteiger partial charge in [-0.3, -0.25) is 9.10 Å². The molecule has 0 aromatic heterocycles. The summed E-state index contributed by atoms with van der Waals surface area (Å²) in [5.74, 6) is -0.643. The Balaban J connectivity index is 1.99. The van der Waals surface area contributed by atoms with Crippen LogP contribution < -0.4 is 9.62 Å². The lowest BCUT2D eigenvalue weighted by Crippen LogP contribution is -2.38. The van der Waals surface area contributed by atoms with Gasteiger partial charge >= 0.3 is 0 Å². The van der Waals surface area contributed by atoms with Crippen molar-refractivity contribution in [1.82, 2.24) is 0 Å². The molecule has 1 N–H and O–H groups in total. The number of halogens is 4. The van der Waals surface area contributed by atoms with Crippen LogP contribution in [0.4, 0.5) is 11.4 Å². The minimum atomic E-state index is -4.09. The Morgan fingerprint density at radius 3 is 2.03 bits per heavy atom. The standard InChI is InChI=1S/C20H14Cl4N2O3S/c21-15-10-9-13(11-18(15)24)26(30(28,29)14-5-2-1-3-6-14)12-19(27)25-20-16(22)7-4-8-17(20)23/h1-11H,12H2,(H,25,27). The Morgan fingerprint density at radius 1 is 0.800 bits per heavy atom. The van der Waals surface area contributed by atoms with Crippen molar-refractivity contribution < 1.29 is 13.2 Å². The maximum Gasteiger partial charge on any atom is 0.264 e. The average Bonchev–Trinajstić information content (AvgIpc) is 2.72. The summed E-state index contributed by atoms with van der Waals surface area (Å²) in [7, 11) is -4.09. The number of amides is 1. The quantitative estimate of drug-likeness (QED) is 0.439. The third-order valence-corrected chi connectivity index (χ3v) is 7.19. The monoisotopic (exact) mass is 502 g/mol. The van der Waals surface area contributed by atoms with Gasteiger partial charge in [0.25, 0.3) is 10.0 Å². The van der Waals surface area contributed by atoms with E-state index in [-0.39, 0.29) is 36.4 Å². The first-order valence-electron chi connectivity index (χ1n) is 8.47. The molecule has 0 saturated heterocycles. The van der Waals surface area contributed by atoms with E-state index < -0.39 is 22.5 Å². The van der Waals surface area contributed by atoms with Crippen molar-refractivity contribution in [1.29, 1.82) is 0 Å². The molecule has 0 radical (unpaired) electrons. The molecule has 0 heterocycles. The molecule has 5 nitrogen and oxygen atoms in total. The Morgan fingerprint density at radius 2 is 1.43 bits per heavy atom. The van der Waals surface area contributed by atoms with Gasteiger partial charge in [-0.25, -0.2) is 8.42 Å². The van der Waals surface area contributed by atoms with Crippen LogP contribution in [-0.4, -0.2) is 20.9 Å². The molecule has 156 valence electrons. The average molecular weight is 504 g/mol. The van der Waals surface area contributed by atoms with Crippen LogP contribution in [0.25, 0.3) is 0 Å². The van der Waals surface area contributed by atoms with Gasteiger partial charge in [-0.1, -0.05) is 70.7 Å². The van der Waals surface area contributed by atoms with Gasteiger partial charge in [-0.15, -0.1) is 0 Å². The van der Waals surface area contributed by atoms with Crippen molar-refractivity contribution >= 4 is 73.7 Å². The molecular formula is C20H14Cl4N2O3S. The highest BCUT2D eigenvalue weighted by Gasteiger charge is 2.28. The molecule has 0 atom stereocenters. The van der Waals surface area contributed by atoms with Crippen molar-refractivity contribution in [2.75, 3.05) is 16.2 Å². The fourth-order valence-corrected chi connectivity index (χ4v) is 4.82. The van der Waals surface area contributed by atoms with Gasteiger partial charge in [0.05, 0.1) is 36.4 Å². The number of rotatable bonds is 6. The summed E-state index contributed by atoms with van der Waals surface area (Å²) in [6.45, 7) is -0.545. The van der Waals surface area contributed by atoms with Crippen LogP contribution in [0.2, 0.25) is 20.1 Å². The van der Waals surface area contributed by atoms with E-state index >= 15 is 0 Å². The van der Waals surface area contributed by atoms with Crippen molar-refractivity contribution in [3.63, 3.8) is 0 Å².